The molecule has 1 aromatic carbocycles. The predicted octanol–water partition coefficient (Wildman–Crippen LogP) is 1.60. The van der Waals surface area contributed by atoms with Crippen LogP contribution in [0.4, 0.5) is 0 Å². The lowest BCUT2D eigenvalue weighted by Crippen LogP contribution is -2.63. The van der Waals surface area contributed by atoms with Gasteiger partial charge in [0.05, 0.1) is 6.04 Å². The maximum absolute atomic E-state index is 6.35. The van der Waals surface area contributed by atoms with E-state index in [0.717, 1.165) is 11.6 Å². The monoisotopic (exact) mass is 265 g/mol. The number of hydrogen-bond acceptors (Lipinski definition) is 3. The minimum atomic E-state index is 0.321. The number of rotatable bonds is 3. The lowest BCUT2D eigenvalue weighted by atomic mass is 9.94. The van der Waals surface area contributed by atoms with Gasteiger partial charge in [-0.1, -0.05) is 29.8 Å². The second-order valence-corrected chi connectivity index (χ2v) is 5.60. The lowest BCUT2D eigenvalue weighted by molar-refractivity contribution is -0.00253. The van der Waals surface area contributed by atoms with Crippen molar-refractivity contribution in [2.45, 2.75) is 12.1 Å². The van der Waals surface area contributed by atoms with Gasteiger partial charge < -0.3 is 5.32 Å². The van der Waals surface area contributed by atoms with Gasteiger partial charge in [0, 0.05) is 43.8 Å². The number of halogens is 1. The van der Waals surface area contributed by atoms with Crippen molar-refractivity contribution in [3.8, 4) is 0 Å². The number of likely N-dealkylation sites (N-methyl/N-ethyl adjacent to an activating group) is 1. The molecule has 3 fully saturated rings. The Morgan fingerprint density at radius 1 is 1.22 bits per heavy atom. The van der Waals surface area contributed by atoms with E-state index in [2.05, 4.69) is 27.2 Å². The molecule has 3 aliphatic rings. The molecule has 4 rings (SSSR count). The van der Waals surface area contributed by atoms with E-state index in [4.69, 9.17) is 11.6 Å². The van der Waals surface area contributed by atoms with Gasteiger partial charge in [-0.3, -0.25) is 9.80 Å². The average Bonchev–Trinajstić information content (AvgIpc) is 2.43. The Hall–Kier alpha value is -0.610. The summed E-state index contributed by atoms with van der Waals surface area (Å²) >= 11 is 6.35. The summed E-state index contributed by atoms with van der Waals surface area (Å²) in [7, 11) is 2.03. The van der Waals surface area contributed by atoms with Gasteiger partial charge in [-0.25, -0.2) is 0 Å². The van der Waals surface area contributed by atoms with Crippen molar-refractivity contribution in [1.29, 1.82) is 0 Å². The first-order valence-corrected chi connectivity index (χ1v) is 7.05. The molecule has 2 atom stereocenters. The molecule has 3 saturated heterocycles. The van der Waals surface area contributed by atoms with Gasteiger partial charge in [-0.15, -0.1) is 0 Å². The fourth-order valence-electron chi connectivity index (χ4n) is 3.26. The van der Waals surface area contributed by atoms with Crippen LogP contribution >= 0.6 is 11.6 Å². The third kappa shape index (κ3) is 2.16. The van der Waals surface area contributed by atoms with Crippen molar-refractivity contribution in [1.82, 2.24) is 15.1 Å². The molecule has 0 saturated carbocycles. The van der Waals surface area contributed by atoms with Crippen LogP contribution in [-0.4, -0.2) is 55.6 Å². The number of benzene rings is 1. The average molecular weight is 266 g/mol. The van der Waals surface area contributed by atoms with E-state index in [-0.39, 0.29) is 0 Å². The second kappa shape index (κ2) is 5.17. The SMILES string of the molecule is CNC(c1ccccc1Cl)C1CN2CCN1CC2. The molecule has 1 N–H and O–H groups in total. The zero-order valence-electron chi connectivity index (χ0n) is 10.8. The molecule has 0 radical (unpaired) electrons. The summed E-state index contributed by atoms with van der Waals surface area (Å²) in [5.41, 5.74) is 1.22. The van der Waals surface area contributed by atoms with E-state index < -0.39 is 0 Å². The minimum absolute atomic E-state index is 0.321. The highest BCUT2D eigenvalue weighted by Gasteiger charge is 2.37. The highest BCUT2D eigenvalue weighted by atomic mass is 35.5. The van der Waals surface area contributed by atoms with E-state index in [9.17, 15) is 0 Å². The van der Waals surface area contributed by atoms with Crippen LogP contribution in [0.25, 0.3) is 0 Å². The number of fused-ring (bicyclic) bond motifs is 3. The molecule has 2 bridgehead atoms. The zero-order valence-corrected chi connectivity index (χ0v) is 11.5. The molecule has 3 heterocycles. The van der Waals surface area contributed by atoms with Crippen LogP contribution in [0.5, 0.6) is 0 Å². The van der Waals surface area contributed by atoms with E-state index in [0.29, 0.717) is 12.1 Å². The Morgan fingerprint density at radius 3 is 2.50 bits per heavy atom. The first kappa shape index (κ1) is 12.4. The van der Waals surface area contributed by atoms with Crippen LogP contribution in [0.15, 0.2) is 24.3 Å². The molecule has 0 aromatic heterocycles. The molecule has 0 amide bonds. The Kier molecular flexibility index (Phi) is 3.57. The normalized spacial score (nSPS) is 32.4. The molecule has 0 spiro atoms. The van der Waals surface area contributed by atoms with Gasteiger partial charge in [-0.2, -0.15) is 0 Å². The van der Waals surface area contributed by atoms with Gasteiger partial charge in [0.25, 0.3) is 0 Å². The van der Waals surface area contributed by atoms with E-state index in [1.807, 2.05) is 19.2 Å². The summed E-state index contributed by atoms with van der Waals surface area (Å²) in [5.74, 6) is 0. The van der Waals surface area contributed by atoms with Crippen LogP contribution < -0.4 is 5.32 Å². The van der Waals surface area contributed by atoms with Crippen molar-refractivity contribution < 1.29 is 0 Å². The van der Waals surface area contributed by atoms with Crippen LogP contribution in [0.2, 0.25) is 5.02 Å². The van der Waals surface area contributed by atoms with E-state index in [1.165, 1.54) is 31.7 Å². The quantitative estimate of drug-likeness (QED) is 0.896. The Balaban J connectivity index is 1.87. The second-order valence-electron chi connectivity index (χ2n) is 5.19. The zero-order chi connectivity index (χ0) is 12.5. The molecule has 0 aliphatic carbocycles. The summed E-state index contributed by atoms with van der Waals surface area (Å²) in [6.45, 7) is 5.96. The molecular weight excluding hydrogens is 246 g/mol. The van der Waals surface area contributed by atoms with Crippen LogP contribution in [0, 0.1) is 0 Å². The lowest BCUT2D eigenvalue weighted by Gasteiger charge is -2.50. The molecule has 98 valence electrons. The molecular formula is C14H20ClN3. The molecule has 1 aromatic rings. The predicted molar refractivity (Wildman–Crippen MR) is 75.1 cm³/mol. The fraction of sp³-hybridized carbons (Fsp3) is 0.571. The highest BCUT2D eigenvalue weighted by molar-refractivity contribution is 6.31. The summed E-state index contributed by atoms with van der Waals surface area (Å²) < 4.78 is 0. The maximum atomic E-state index is 6.35. The third-order valence-electron chi connectivity index (χ3n) is 4.26. The smallest absolute Gasteiger partial charge is 0.0503 e. The van der Waals surface area contributed by atoms with Gasteiger partial charge in [0.15, 0.2) is 0 Å². The highest BCUT2D eigenvalue weighted by Crippen LogP contribution is 2.30. The van der Waals surface area contributed by atoms with Gasteiger partial charge in [-0.05, 0) is 18.7 Å². The minimum Gasteiger partial charge on any atom is -0.312 e. The molecule has 3 nitrogen and oxygen atoms in total. The number of nitrogens with zero attached hydrogens (tertiary/aromatic N) is 2. The Morgan fingerprint density at radius 2 is 1.94 bits per heavy atom. The Bertz CT molecular complexity index is 415. The van der Waals surface area contributed by atoms with Crippen molar-refractivity contribution in [2.24, 2.45) is 0 Å². The van der Waals surface area contributed by atoms with Crippen LogP contribution in [0.3, 0.4) is 0 Å². The maximum Gasteiger partial charge on any atom is 0.0503 e. The van der Waals surface area contributed by atoms with Gasteiger partial charge >= 0.3 is 0 Å². The summed E-state index contributed by atoms with van der Waals surface area (Å²) in [6.07, 6.45) is 0. The molecule has 18 heavy (non-hydrogen) atoms. The standard InChI is InChI=1S/C14H20ClN3/c1-16-14(11-4-2-3-5-12(11)15)13-10-17-6-8-18(13)9-7-17/h2-5,13-14,16H,6-10H2,1H3. The summed E-state index contributed by atoms with van der Waals surface area (Å²) in [5, 5.41) is 4.33. The third-order valence-corrected chi connectivity index (χ3v) is 4.60. The van der Waals surface area contributed by atoms with Crippen molar-refractivity contribution in [3.63, 3.8) is 0 Å². The number of nitrogens with one attached hydrogen (secondary N) is 1. The Labute approximate surface area is 114 Å². The van der Waals surface area contributed by atoms with Gasteiger partial charge in [0.1, 0.15) is 0 Å². The van der Waals surface area contributed by atoms with E-state index >= 15 is 0 Å². The van der Waals surface area contributed by atoms with Crippen molar-refractivity contribution in [2.75, 3.05) is 39.8 Å². The first-order chi connectivity index (χ1) is 8.79. The summed E-state index contributed by atoms with van der Waals surface area (Å²) in [6, 6.07) is 9.05. The first-order valence-electron chi connectivity index (χ1n) is 6.67. The summed E-state index contributed by atoms with van der Waals surface area (Å²) in [4.78, 5) is 5.16. The molecule has 4 heteroatoms. The van der Waals surface area contributed by atoms with Gasteiger partial charge in [0.2, 0.25) is 0 Å². The molecule has 2 unspecified atom stereocenters. The number of hydrogen-bond donors (Lipinski definition) is 1. The molecule has 3 aliphatic heterocycles. The number of piperazine rings is 3. The largest absolute Gasteiger partial charge is 0.312 e. The fourth-order valence-corrected chi connectivity index (χ4v) is 3.51. The van der Waals surface area contributed by atoms with Crippen LogP contribution in [-0.2, 0) is 0 Å². The topological polar surface area (TPSA) is 18.5 Å². The van der Waals surface area contributed by atoms with Crippen LogP contribution in [0.1, 0.15) is 11.6 Å². The van der Waals surface area contributed by atoms with Crippen molar-refractivity contribution in [3.05, 3.63) is 34.9 Å². The van der Waals surface area contributed by atoms with Crippen molar-refractivity contribution >= 4 is 11.6 Å². The van der Waals surface area contributed by atoms with E-state index in [1.54, 1.807) is 0 Å².